The topological polar surface area (TPSA) is 33.0 Å². The summed E-state index contributed by atoms with van der Waals surface area (Å²) in [4.78, 5) is 0. The molecule has 0 heterocycles. The van der Waals surface area contributed by atoms with E-state index in [9.17, 15) is 13.2 Å². The summed E-state index contributed by atoms with van der Waals surface area (Å²) in [6, 6.07) is 4.27. The minimum atomic E-state index is -4.48. The fraction of sp³-hybridized carbons (Fsp3) is 0.182. The van der Waals surface area contributed by atoms with Gasteiger partial charge in [-0.3, -0.25) is 0 Å². The highest BCUT2D eigenvalue weighted by molar-refractivity contribution is 5.46. The van der Waals surface area contributed by atoms with Crippen molar-refractivity contribution in [2.75, 3.05) is 6.61 Å². The molecule has 0 saturated heterocycles. The zero-order valence-electron chi connectivity index (χ0n) is 8.01. The number of rotatable bonds is 2. The van der Waals surface area contributed by atoms with Crippen molar-refractivity contribution in [3.63, 3.8) is 0 Å². The molecule has 2 nitrogen and oxygen atoms in total. The Kier molecular flexibility index (Phi) is 3.42. The van der Waals surface area contributed by atoms with Crippen LogP contribution in [0.25, 0.3) is 0 Å². The molecular weight excluding hydrogens is 219 g/mol. The molecule has 1 aromatic rings. The summed E-state index contributed by atoms with van der Waals surface area (Å²) in [5.74, 6) is 2.21. The zero-order valence-corrected chi connectivity index (χ0v) is 8.01. The first kappa shape index (κ1) is 11.9. The van der Waals surface area contributed by atoms with E-state index in [1.54, 1.807) is 6.07 Å². The average molecular weight is 225 g/mol. The summed E-state index contributed by atoms with van der Waals surface area (Å²) < 4.78 is 41.8. The minimum Gasteiger partial charge on any atom is -0.480 e. The lowest BCUT2D eigenvalue weighted by atomic mass is 10.1. The van der Waals surface area contributed by atoms with Crippen LogP contribution in [-0.4, -0.2) is 6.61 Å². The Hall–Kier alpha value is -2.14. The van der Waals surface area contributed by atoms with E-state index in [1.165, 1.54) is 0 Å². The molecule has 0 amide bonds. The van der Waals surface area contributed by atoms with Crippen LogP contribution in [0.3, 0.4) is 0 Å². The van der Waals surface area contributed by atoms with E-state index in [4.69, 9.17) is 16.4 Å². The number of nitriles is 1. The molecule has 82 valence electrons. The number of hydrogen-bond acceptors (Lipinski definition) is 2. The largest absolute Gasteiger partial charge is 0.480 e. The van der Waals surface area contributed by atoms with Gasteiger partial charge in [0.05, 0.1) is 11.1 Å². The van der Waals surface area contributed by atoms with Gasteiger partial charge in [-0.1, -0.05) is 5.92 Å². The van der Waals surface area contributed by atoms with Crippen LogP contribution in [0.1, 0.15) is 11.1 Å². The van der Waals surface area contributed by atoms with Crippen molar-refractivity contribution in [1.82, 2.24) is 0 Å². The van der Waals surface area contributed by atoms with E-state index in [2.05, 4.69) is 5.92 Å². The standard InChI is InChI=1S/C11H6F3NO/c1-2-5-16-10-4-3-9(11(12,13)14)6-8(10)7-15/h1,3-4,6H,5H2. The van der Waals surface area contributed by atoms with Crippen LogP contribution in [-0.2, 0) is 6.18 Å². The van der Waals surface area contributed by atoms with Crippen molar-refractivity contribution in [3.8, 4) is 24.2 Å². The number of nitrogens with zero attached hydrogens (tertiary/aromatic N) is 1. The fourth-order valence-corrected chi connectivity index (χ4v) is 1.04. The SMILES string of the molecule is C#CCOc1ccc(C(F)(F)F)cc1C#N. The molecule has 0 spiro atoms. The Morgan fingerprint density at radius 3 is 2.56 bits per heavy atom. The third-order valence-electron chi connectivity index (χ3n) is 1.74. The molecule has 1 rings (SSSR count). The Balaban J connectivity index is 3.09. The van der Waals surface area contributed by atoms with Gasteiger partial charge in [-0.05, 0) is 18.2 Å². The lowest BCUT2D eigenvalue weighted by Gasteiger charge is -2.09. The first-order valence-electron chi connectivity index (χ1n) is 4.16. The molecule has 0 aromatic heterocycles. The first-order chi connectivity index (χ1) is 7.49. The maximum Gasteiger partial charge on any atom is 0.416 e. The summed E-state index contributed by atoms with van der Waals surface area (Å²) in [6.07, 6.45) is 0.453. The Bertz CT molecular complexity index is 466. The van der Waals surface area contributed by atoms with Crippen molar-refractivity contribution in [1.29, 1.82) is 5.26 Å². The number of benzene rings is 1. The minimum absolute atomic E-state index is 0.0495. The maximum atomic E-state index is 12.3. The summed E-state index contributed by atoms with van der Waals surface area (Å²) >= 11 is 0. The third kappa shape index (κ3) is 2.68. The van der Waals surface area contributed by atoms with Gasteiger partial charge in [0.15, 0.2) is 0 Å². The molecule has 0 fully saturated rings. The highest BCUT2D eigenvalue weighted by Crippen LogP contribution is 2.32. The van der Waals surface area contributed by atoms with E-state index in [1.807, 2.05) is 0 Å². The second-order valence-electron chi connectivity index (χ2n) is 2.81. The van der Waals surface area contributed by atoms with Gasteiger partial charge in [-0.25, -0.2) is 0 Å². The van der Waals surface area contributed by atoms with Crippen molar-refractivity contribution < 1.29 is 17.9 Å². The predicted octanol–water partition coefficient (Wildman–Crippen LogP) is 2.59. The molecule has 0 bridgehead atoms. The van der Waals surface area contributed by atoms with E-state index < -0.39 is 11.7 Å². The van der Waals surface area contributed by atoms with Crippen LogP contribution < -0.4 is 4.74 Å². The van der Waals surface area contributed by atoms with Crippen LogP contribution >= 0.6 is 0 Å². The molecule has 5 heteroatoms. The number of terminal acetylenes is 1. The number of ether oxygens (including phenoxy) is 1. The summed E-state index contributed by atoms with van der Waals surface area (Å²) in [5, 5.41) is 8.66. The van der Waals surface area contributed by atoms with E-state index in [-0.39, 0.29) is 17.9 Å². The molecule has 0 unspecified atom stereocenters. The molecule has 0 aliphatic rings. The monoisotopic (exact) mass is 225 g/mol. The molecule has 0 aliphatic heterocycles. The van der Waals surface area contributed by atoms with Crippen LogP contribution in [0.15, 0.2) is 18.2 Å². The van der Waals surface area contributed by atoms with Gasteiger partial charge in [0.1, 0.15) is 18.4 Å². The van der Waals surface area contributed by atoms with Gasteiger partial charge >= 0.3 is 6.18 Å². The Morgan fingerprint density at radius 2 is 2.06 bits per heavy atom. The van der Waals surface area contributed by atoms with E-state index in [0.717, 1.165) is 18.2 Å². The lowest BCUT2D eigenvalue weighted by Crippen LogP contribution is -2.06. The highest BCUT2D eigenvalue weighted by Gasteiger charge is 2.31. The molecule has 0 N–H and O–H groups in total. The van der Waals surface area contributed by atoms with Crippen molar-refractivity contribution >= 4 is 0 Å². The predicted molar refractivity (Wildman–Crippen MR) is 50.5 cm³/mol. The van der Waals surface area contributed by atoms with Crippen molar-refractivity contribution in [3.05, 3.63) is 29.3 Å². The fourth-order valence-electron chi connectivity index (χ4n) is 1.04. The molecule has 0 saturated carbocycles. The van der Waals surface area contributed by atoms with Gasteiger partial charge in [0.25, 0.3) is 0 Å². The van der Waals surface area contributed by atoms with Crippen LogP contribution in [0.5, 0.6) is 5.75 Å². The van der Waals surface area contributed by atoms with Gasteiger partial charge in [-0.15, -0.1) is 6.42 Å². The Morgan fingerprint density at radius 1 is 1.38 bits per heavy atom. The summed E-state index contributed by atoms with van der Waals surface area (Å²) in [7, 11) is 0. The molecule has 1 aromatic carbocycles. The van der Waals surface area contributed by atoms with Crippen molar-refractivity contribution in [2.24, 2.45) is 0 Å². The molecule has 0 aliphatic carbocycles. The lowest BCUT2D eigenvalue weighted by molar-refractivity contribution is -0.137. The normalized spacial score (nSPS) is 10.3. The van der Waals surface area contributed by atoms with Crippen LogP contribution in [0, 0.1) is 23.7 Å². The molecular formula is C11H6F3NO. The smallest absolute Gasteiger partial charge is 0.416 e. The second-order valence-corrected chi connectivity index (χ2v) is 2.81. The molecule has 0 radical (unpaired) electrons. The number of alkyl halides is 3. The third-order valence-corrected chi connectivity index (χ3v) is 1.74. The van der Waals surface area contributed by atoms with Gasteiger partial charge in [0, 0.05) is 0 Å². The van der Waals surface area contributed by atoms with Gasteiger partial charge < -0.3 is 4.74 Å². The second kappa shape index (κ2) is 4.59. The van der Waals surface area contributed by atoms with E-state index in [0.29, 0.717) is 0 Å². The quantitative estimate of drug-likeness (QED) is 0.725. The van der Waals surface area contributed by atoms with Crippen LogP contribution in [0.2, 0.25) is 0 Å². The summed E-state index contributed by atoms with van der Waals surface area (Å²) in [6.45, 7) is -0.0972. The van der Waals surface area contributed by atoms with Crippen molar-refractivity contribution in [2.45, 2.75) is 6.18 Å². The average Bonchev–Trinajstić information content (AvgIpc) is 2.24. The Labute approximate surface area is 90.3 Å². The molecule has 16 heavy (non-hydrogen) atoms. The summed E-state index contributed by atoms with van der Waals surface area (Å²) in [5.41, 5.74) is -1.08. The van der Waals surface area contributed by atoms with E-state index >= 15 is 0 Å². The van der Waals surface area contributed by atoms with Gasteiger partial charge in [0.2, 0.25) is 0 Å². The zero-order chi connectivity index (χ0) is 12.2. The number of hydrogen-bond donors (Lipinski definition) is 0. The maximum absolute atomic E-state index is 12.3. The van der Waals surface area contributed by atoms with Gasteiger partial charge in [-0.2, -0.15) is 18.4 Å². The van der Waals surface area contributed by atoms with Crippen LogP contribution in [0.4, 0.5) is 13.2 Å². The molecule has 0 atom stereocenters. The highest BCUT2D eigenvalue weighted by atomic mass is 19.4. The number of halogens is 3. The first-order valence-corrected chi connectivity index (χ1v) is 4.16.